The highest BCUT2D eigenvalue weighted by molar-refractivity contribution is 5.34. The summed E-state index contributed by atoms with van der Waals surface area (Å²) in [6.45, 7) is 2.05. The quantitative estimate of drug-likeness (QED) is 0.628. The Morgan fingerprint density at radius 2 is 2.17 bits per heavy atom. The van der Waals surface area contributed by atoms with E-state index in [0.717, 1.165) is 29.3 Å². The van der Waals surface area contributed by atoms with E-state index in [0.29, 0.717) is 0 Å². The molecule has 0 radical (unpaired) electrons. The average Bonchev–Trinajstić information content (AvgIpc) is 2.88. The van der Waals surface area contributed by atoms with Gasteiger partial charge in [0.1, 0.15) is 23.3 Å². The van der Waals surface area contributed by atoms with Crippen LogP contribution in [0.3, 0.4) is 0 Å². The first-order valence-electron chi connectivity index (χ1n) is 5.97. The van der Waals surface area contributed by atoms with Gasteiger partial charge in [0.25, 0.3) is 0 Å². The number of nitrogens with one attached hydrogen (secondary N) is 1. The summed E-state index contributed by atoms with van der Waals surface area (Å²) in [5, 5.41) is 0. The molecule has 96 valence electrons. The van der Waals surface area contributed by atoms with Gasteiger partial charge in [0, 0.05) is 6.42 Å². The molecule has 18 heavy (non-hydrogen) atoms. The monoisotopic (exact) mass is 246 g/mol. The highest BCUT2D eigenvalue weighted by Gasteiger charge is 2.16. The summed E-state index contributed by atoms with van der Waals surface area (Å²) >= 11 is 0. The Morgan fingerprint density at radius 3 is 2.78 bits per heavy atom. The second kappa shape index (κ2) is 5.71. The molecule has 4 nitrogen and oxygen atoms in total. The highest BCUT2D eigenvalue weighted by Crippen LogP contribution is 2.26. The number of furan rings is 1. The first-order chi connectivity index (χ1) is 8.78. The summed E-state index contributed by atoms with van der Waals surface area (Å²) < 4.78 is 10.9. The molecule has 1 aromatic carbocycles. The molecule has 4 heteroatoms. The minimum atomic E-state index is -0.166. The van der Waals surface area contributed by atoms with Gasteiger partial charge in [0.2, 0.25) is 0 Å². The molecule has 3 N–H and O–H groups in total. The van der Waals surface area contributed by atoms with Crippen LogP contribution in [-0.4, -0.2) is 7.11 Å². The molecule has 2 rings (SSSR count). The number of hydrogen-bond acceptors (Lipinski definition) is 4. The Bertz CT molecular complexity index is 508. The smallest absolute Gasteiger partial charge is 0.126 e. The molecule has 0 bridgehead atoms. The zero-order chi connectivity index (χ0) is 13.0. The summed E-state index contributed by atoms with van der Waals surface area (Å²) in [5.74, 6) is 8.19. The Labute approximate surface area is 107 Å². The molecule has 0 fully saturated rings. The molecule has 0 saturated heterocycles. The number of nitrogens with two attached hydrogens (primary N) is 1. The maximum absolute atomic E-state index is 5.73. The van der Waals surface area contributed by atoms with E-state index in [1.165, 1.54) is 0 Å². The van der Waals surface area contributed by atoms with Crippen LogP contribution in [-0.2, 0) is 6.42 Å². The van der Waals surface area contributed by atoms with Gasteiger partial charge in [-0.15, -0.1) is 0 Å². The SMILES string of the molecule is CCc1ccc(C(NN)c2cccc(OC)c2)o1. The van der Waals surface area contributed by atoms with Crippen LogP contribution in [0.1, 0.15) is 30.0 Å². The molecule has 0 aliphatic heterocycles. The van der Waals surface area contributed by atoms with Crippen molar-refractivity contribution < 1.29 is 9.15 Å². The Morgan fingerprint density at radius 1 is 1.33 bits per heavy atom. The number of benzene rings is 1. The largest absolute Gasteiger partial charge is 0.497 e. The highest BCUT2D eigenvalue weighted by atomic mass is 16.5. The summed E-state index contributed by atoms with van der Waals surface area (Å²) in [7, 11) is 1.64. The number of hydrazine groups is 1. The molecule has 0 aliphatic carbocycles. The molecule has 0 spiro atoms. The van der Waals surface area contributed by atoms with Gasteiger partial charge in [-0.3, -0.25) is 5.84 Å². The topological polar surface area (TPSA) is 60.4 Å². The molecular weight excluding hydrogens is 228 g/mol. The van der Waals surface area contributed by atoms with E-state index >= 15 is 0 Å². The van der Waals surface area contributed by atoms with Gasteiger partial charge in [-0.2, -0.15) is 0 Å². The number of hydrogen-bond donors (Lipinski definition) is 2. The minimum absolute atomic E-state index is 0.166. The lowest BCUT2D eigenvalue weighted by Gasteiger charge is -2.14. The van der Waals surface area contributed by atoms with Crippen molar-refractivity contribution in [1.29, 1.82) is 0 Å². The first-order valence-corrected chi connectivity index (χ1v) is 5.97. The lowest BCUT2D eigenvalue weighted by molar-refractivity contribution is 0.409. The number of methoxy groups -OCH3 is 1. The predicted octanol–water partition coefficient (Wildman–Crippen LogP) is 2.40. The van der Waals surface area contributed by atoms with Crippen LogP contribution in [0.5, 0.6) is 5.75 Å². The van der Waals surface area contributed by atoms with Gasteiger partial charge in [0.05, 0.1) is 7.11 Å². The van der Waals surface area contributed by atoms with E-state index < -0.39 is 0 Å². The Balaban J connectivity index is 2.32. The van der Waals surface area contributed by atoms with Gasteiger partial charge in [0.15, 0.2) is 0 Å². The van der Waals surface area contributed by atoms with Gasteiger partial charge in [-0.1, -0.05) is 19.1 Å². The summed E-state index contributed by atoms with van der Waals surface area (Å²) in [4.78, 5) is 0. The fourth-order valence-electron chi connectivity index (χ4n) is 1.90. The third-order valence-electron chi connectivity index (χ3n) is 2.91. The summed E-state index contributed by atoms with van der Waals surface area (Å²) in [5.41, 5.74) is 3.78. The molecule has 2 aromatic rings. The maximum Gasteiger partial charge on any atom is 0.126 e. The molecule has 0 saturated carbocycles. The predicted molar refractivity (Wildman–Crippen MR) is 70.2 cm³/mol. The lowest BCUT2D eigenvalue weighted by Crippen LogP contribution is -2.28. The van der Waals surface area contributed by atoms with E-state index in [2.05, 4.69) is 12.3 Å². The zero-order valence-electron chi connectivity index (χ0n) is 10.6. The molecule has 0 aliphatic rings. The maximum atomic E-state index is 5.73. The second-order valence-corrected chi connectivity index (χ2v) is 4.03. The van der Waals surface area contributed by atoms with Crippen molar-refractivity contribution in [3.8, 4) is 5.75 Å². The molecule has 1 unspecified atom stereocenters. The van der Waals surface area contributed by atoms with Crippen LogP contribution >= 0.6 is 0 Å². The normalized spacial score (nSPS) is 12.4. The first kappa shape index (κ1) is 12.7. The fourth-order valence-corrected chi connectivity index (χ4v) is 1.90. The molecule has 1 atom stereocenters. The van der Waals surface area contributed by atoms with Crippen LogP contribution < -0.4 is 16.0 Å². The average molecular weight is 246 g/mol. The van der Waals surface area contributed by atoms with E-state index in [1.807, 2.05) is 36.4 Å². The Kier molecular flexibility index (Phi) is 4.02. The van der Waals surface area contributed by atoms with Gasteiger partial charge in [-0.25, -0.2) is 5.43 Å². The van der Waals surface area contributed by atoms with Gasteiger partial charge in [-0.05, 0) is 29.8 Å². The zero-order valence-corrected chi connectivity index (χ0v) is 10.6. The molecular formula is C14H18N2O2. The van der Waals surface area contributed by atoms with Crippen LogP contribution in [0, 0.1) is 0 Å². The van der Waals surface area contributed by atoms with Crippen LogP contribution in [0.2, 0.25) is 0 Å². The minimum Gasteiger partial charge on any atom is -0.497 e. The van der Waals surface area contributed by atoms with Crippen molar-refractivity contribution in [2.24, 2.45) is 5.84 Å². The lowest BCUT2D eigenvalue weighted by atomic mass is 10.1. The van der Waals surface area contributed by atoms with E-state index in [1.54, 1.807) is 7.11 Å². The molecule has 1 heterocycles. The van der Waals surface area contributed by atoms with Gasteiger partial charge >= 0.3 is 0 Å². The van der Waals surface area contributed by atoms with Gasteiger partial charge < -0.3 is 9.15 Å². The van der Waals surface area contributed by atoms with E-state index in [-0.39, 0.29) is 6.04 Å². The van der Waals surface area contributed by atoms with Crippen molar-refractivity contribution in [1.82, 2.24) is 5.43 Å². The van der Waals surface area contributed by atoms with Crippen LogP contribution in [0.25, 0.3) is 0 Å². The summed E-state index contributed by atoms with van der Waals surface area (Å²) in [6.07, 6.45) is 0.870. The summed E-state index contributed by atoms with van der Waals surface area (Å²) in [6, 6.07) is 11.5. The van der Waals surface area contributed by atoms with Crippen molar-refractivity contribution in [3.05, 3.63) is 53.5 Å². The number of ether oxygens (including phenoxy) is 1. The third kappa shape index (κ3) is 2.55. The third-order valence-corrected chi connectivity index (χ3v) is 2.91. The Hall–Kier alpha value is -1.78. The standard InChI is InChI=1S/C14H18N2O2/c1-3-11-7-8-13(18-11)14(16-15)10-5-4-6-12(9-10)17-2/h4-9,14,16H,3,15H2,1-2H3. The van der Waals surface area contributed by atoms with Crippen LogP contribution in [0.15, 0.2) is 40.8 Å². The fraction of sp³-hybridized carbons (Fsp3) is 0.286. The molecule has 0 amide bonds. The van der Waals surface area contributed by atoms with E-state index in [4.69, 9.17) is 15.0 Å². The number of rotatable bonds is 5. The van der Waals surface area contributed by atoms with Crippen molar-refractivity contribution in [2.45, 2.75) is 19.4 Å². The second-order valence-electron chi connectivity index (χ2n) is 4.03. The van der Waals surface area contributed by atoms with Crippen molar-refractivity contribution >= 4 is 0 Å². The van der Waals surface area contributed by atoms with Crippen molar-refractivity contribution in [2.75, 3.05) is 7.11 Å². The van der Waals surface area contributed by atoms with Crippen LogP contribution in [0.4, 0.5) is 0 Å². The number of aryl methyl sites for hydroxylation is 1. The van der Waals surface area contributed by atoms with E-state index in [9.17, 15) is 0 Å². The molecule has 1 aromatic heterocycles. The van der Waals surface area contributed by atoms with Crippen molar-refractivity contribution in [3.63, 3.8) is 0 Å².